The lowest BCUT2D eigenvalue weighted by Gasteiger charge is -2.26. The molecular formula is C11H26O2Si. The molecular weight excluding hydrogens is 192 g/mol. The monoisotopic (exact) mass is 218 g/mol. The summed E-state index contributed by atoms with van der Waals surface area (Å²) in [6.45, 7) is 2.25. The fourth-order valence-corrected chi connectivity index (χ4v) is 1.87. The summed E-state index contributed by atoms with van der Waals surface area (Å²) < 4.78 is 10.7. The zero-order valence-corrected chi connectivity index (χ0v) is 12.3. The molecule has 0 fully saturated rings. The van der Waals surface area contributed by atoms with Gasteiger partial charge in [0, 0.05) is 14.2 Å². The summed E-state index contributed by atoms with van der Waals surface area (Å²) in [5.74, 6) is 0. The van der Waals surface area contributed by atoms with Crippen LogP contribution in [-0.4, -0.2) is 29.9 Å². The highest BCUT2D eigenvalue weighted by Gasteiger charge is 2.20. The summed E-state index contributed by atoms with van der Waals surface area (Å²) in [7, 11) is 4.43. The normalized spacial score (nSPS) is 12.2. The molecule has 3 heteroatoms. The molecule has 0 N–H and O–H groups in total. The molecule has 0 aliphatic heterocycles. The summed E-state index contributed by atoms with van der Waals surface area (Å²) in [5.41, 5.74) is -0.231. The standard InChI is InChI=1S/C11H26O2Si/c1-4-5-6-7-8-9-10-11(14,12-2)13-3/h4-10H2,1-3,14H3. The van der Waals surface area contributed by atoms with E-state index in [0.29, 0.717) is 0 Å². The van der Waals surface area contributed by atoms with Gasteiger partial charge in [0.1, 0.15) is 5.41 Å². The molecule has 0 bridgehead atoms. The van der Waals surface area contributed by atoms with Gasteiger partial charge in [0.05, 0.1) is 10.2 Å². The Morgan fingerprint density at radius 2 is 1.43 bits per heavy atom. The first kappa shape index (κ1) is 14.1. The van der Waals surface area contributed by atoms with Crippen LogP contribution in [0.5, 0.6) is 0 Å². The van der Waals surface area contributed by atoms with E-state index in [9.17, 15) is 0 Å². The van der Waals surface area contributed by atoms with Gasteiger partial charge in [-0.3, -0.25) is 0 Å². The molecule has 86 valence electrons. The molecule has 0 amide bonds. The van der Waals surface area contributed by atoms with Crippen molar-refractivity contribution < 1.29 is 9.47 Å². The van der Waals surface area contributed by atoms with E-state index < -0.39 is 0 Å². The molecule has 0 saturated heterocycles. The van der Waals surface area contributed by atoms with Crippen molar-refractivity contribution in [2.24, 2.45) is 0 Å². The molecule has 0 aromatic carbocycles. The van der Waals surface area contributed by atoms with Crippen LogP contribution in [0, 0.1) is 0 Å². The van der Waals surface area contributed by atoms with Gasteiger partial charge in [-0.2, -0.15) is 0 Å². The summed E-state index contributed by atoms with van der Waals surface area (Å²) >= 11 is 0. The largest absolute Gasteiger partial charge is 0.358 e. The maximum absolute atomic E-state index is 5.35. The fourth-order valence-electron chi connectivity index (χ4n) is 1.51. The Kier molecular flexibility index (Phi) is 8.53. The van der Waals surface area contributed by atoms with Crippen molar-refractivity contribution in [1.29, 1.82) is 0 Å². The minimum absolute atomic E-state index is 0.231. The van der Waals surface area contributed by atoms with Crippen LogP contribution in [0.25, 0.3) is 0 Å². The van der Waals surface area contributed by atoms with Crippen molar-refractivity contribution in [2.45, 2.75) is 57.3 Å². The second kappa shape index (κ2) is 8.45. The van der Waals surface area contributed by atoms with Crippen LogP contribution in [0.15, 0.2) is 0 Å². The zero-order valence-electron chi connectivity index (χ0n) is 10.3. The quantitative estimate of drug-likeness (QED) is 0.335. The van der Waals surface area contributed by atoms with E-state index in [1.807, 2.05) is 0 Å². The Balaban J connectivity index is 3.34. The summed E-state index contributed by atoms with van der Waals surface area (Å²) in [4.78, 5) is 0. The van der Waals surface area contributed by atoms with Crippen LogP contribution >= 0.6 is 0 Å². The topological polar surface area (TPSA) is 18.5 Å². The molecule has 0 saturated carbocycles. The molecule has 0 unspecified atom stereocenters. The third kappa shape index (κ3) is 6.57. The molecule has 0 atom stereocenters. The Morgan fingerprint density at radius 3 is 1.93 bits per heavy atom. The summed E-state index contributed by atoms with van der Waals surface area (Å²) in [5, 5.41) is 0. The first-order valence-electron chi connectivity index (χ1n) is 5.79. The van der Waals surface area contributed by atoms with Crippen LogP contribution in [0.2, 0.25) is 0 Å². The van der Waals surface area contributed by atoms with Crippen molar-refractivity contribution in [3.05, 3.63) is 0 Å². The van der Waals surface area contributed by atoms with Gasteiger partial charge in [-0.25, -0.2) is 0 Å². The number of rotatable bonds is 9. The molecule has 0 spiro atoms. The molecule has 2 nitrogen and oxygen atoms in total. The van der Waals surface area contributed by atoms with Gasteiger partial charge in [0.2, 0.25) is 0 Å². The van der Waals surface area contributed by atoms with Gasteiger partial charge < -0.3 is 9.47 Å². The third-order valence-corrected chi connectivity index (χ3v) is 4.16. The molecule has 0 rings (SSSR count). The highest BCUT2D eigenvalue weighted by Crippen LogP contribution is 2.16. The predicted molar refractivity (Wildman–Crippen MR) is 64.7 cm³/mol. The van der Waals surface area contributed by atoms with Gasteiger partial charge in [-0.05, 0) is 12.8 Å². The van der Waals surface area contributed by atoms with Gasteiger partial charge in [0.25, 0.3) is 0 Å². The third-order valence-electron chi connectivity index (χ3n) is 2.85. The number of ether oxygens (including phenoxy) is 2. The summed E-state index contributed by atoms with van der Waals surface area (Å²) in [6, 6.07) is 0. The van der Waals surface area contributed by atoms with E-state index >= 15 is 0 Å². The van der Waals surface area contributed by atoms with E-state index in [2.05, 4.69) is 6.92 Å². The maximum atomic E-state index is 5.35. The van der Waals surface area contributed by atoms with Gasteiger partial charge in [-0.15, -0.1) is 0 Å². The van der Waals surface area contributed by atoms with Gasteiger partial charge in [-0.1, -0.05) is 39.0 Å². The predicted octanol–water partition coefficient (Wildman–Crippen LogP) is 2.05. The first-order chi connectivity index (χ1) is 6.68. The van der Waals surface area contributed by atoms with Gasteiger partial charge >= 0.3 is 0 Å². The smallest absolute Gasteiger partial charge is 0.140 e. The Bertz CT molecular complexity index is 124. The second-order valence-corrected chi connectivity index (χ2v) is 5.58. The number of hydrogen-bond acceptors (Lipinski definition) is 2. The Hall–Kier alpha value is 0.137. The zero-order chi connectivity index (χ0) is 10.9. The fraction of sp³-hybridized carbons (Fsp3) is 1.00. The lowest BCUT2D eigenvalue weighted by atomic mass is 10.1. The van der Waals surface area contributed by atoms with Crippen LogP contribution in [0.1, 0.15) is 51.9 Å². The number of methoxy groups -OCH3 is 2. The first-order valence-corrected chi connectivity index (χ1v) is 6.79. The molecule has 14 heavy (non-hydrogen) atoms. The number of unbranched alkanes of at least 4 members (excludes halogenated alkanes) is 5. The summed E-state index contributed by atoms with van der Waals surface area (Å²) in [6.07, 6.45) is 9.04. The number of hydrogen-bond donors (Lipinski definition) is 0. The van der Waals surface area contributed by atoms with Gasteiger partial charge in [0.15, 0.2) is 0 Å². The minimum Gasteiger partial charge on any atom is -0.358 e. The average molecular weight is 218 g/mol. The molecule has 0 radical (unpaired) electrons. The highest BCUT2D eigenvalue weighted by molar-refractivity contribution is 6.13. The van der Waals surface area contributed by atoms with E-state index in [-0.39, 0.29) is 5.41 Å². The van der Waals surface area contributed by atoms with E-state index in [0.717, 1.165) is 16.7 Å². The molecule has 0 heterocycles. The van der Waals surface area contributed by atoms with Crippen LogP contribution in [0.3, 0.4) is 0 Å². The molecule has 0 aromatic rings. The molecule has 0 aromatic heterocycles. The van der Waals surface area contributed by atoms with Crippen LogP contribution < -0.4 is 0 Å². The van der Waals surface area contributed by atoms with Crippen LogP contribution in [0.4, 0.5) is 0 Å². The second-order valence-electron chi connectivity index (χ2n) is 4.06. The van der Waals surface area contributed by atoms with Crippen molar-refractivity contribution in [3.63, 3.8) is 0 Å². The molecule has 0 aliphatic carbocycles. The van der Waals surface area contributed by atoms with Crippen molar-refractivity contribution >= 4 is 10.2 Å². The SMILES string of the molecule is CCCCCCCCC([SiH3])(OC)OC. The molecule has 0 aliphatic rings. The van der Waals surface area contributed by atoms with Crippen molar-refractivity contribution in [2.75, 3.05) is 14.2 Å². The lowest BCUT2D eigenvalue weighted by Crippen LogP contribution is -2.33. The van der Waals surface area contributed by atoms with E-state index in [1.54, 1.807) is 14.2 Å². The van der Waals surface area contributed by atoms with Crippen LogP contribution in [-0.2, 0) is 9.47 Å². The Morgan fingerprint density at radius 1 is 0.929 bits per heavy atom. The Labute approximate surface area is 91.8 Å². The van der Waals surface area contributed by atoms with Crippen molar-refractivity contribution in [1.82, 2.24) is 0 Å². The maximum Gasteiger partial charge on any atom is 0.140 e. The minimum atomic E-state index is -0.231. The van der Waals surface area contributed by atoms with E-state index in [4.69, 9.17) is 9.47 Å². The lowest BCUT2D eigenvalue weighted by molar-refractivity contribution is -0.146. The highest BCUT2D eigenvalue weighted by atomic mass is 28.1. The average Bonchev–Trinajstić information content (AvgIpc) is 2.23. The van der Waals surface area contributed by atoms with Crippen molar-refractivity contribution in [3.8, 4) is 0 Å². The van der Waals surface area contributed by atoms with E-state index in [1.165, 1.54) is 38.5 Å².